The molecule has 0 atom stereocenters. The fourth-order valence-corrected chi connectivity index (χ4v) is 1.82. The average Bonchev–Trinajstić information content (AvgIpc) is 2.46. The third kappa shape index (κ3) is 2.40. The summed E-state index contributed by atoms with van der Waals surface area (Å²) in [5.41, 5.74) is 1.05. The second kappa shape index (κ2) is 5.48. The molecular formula is C14H12FNO3. The summed E-state index contributed by atoms with van der Waals surface area (Å²) < 4.78 is 24.0. The number of carbonyl (C=O) groups excluding carboxylic acids is 1. The minimum Gasteiger partial charge on any atom is -0.493 e. The van der Waals surface area contributed by atoms with Crippen molar-refractivity contribution in [3.63, 3.8) is 0 Å². The minimum atomic E-state index is -0.502. The largest absolute Gasteiger partial charge is 0.493 e. The SMILES string of the molecule is COc1cc(C=O)c(-c2ccncc2F)cc1OC. The maximum absolute atomic E-state index is 13.8. The van der Waals surface area contributed by atoms with Crippen LogP contribution in [0.3, 0.4) is 0 Å². The topological polar surface area (TPSA) is 48.4 Å². The highest BCUT2D eigenvalue weighted by Crippen LogP contribution is 2.35. The Balaban J connectivity index is 2.69. The molecule has 19 heavy (non-hydrogen) atoms. The van der Waals surface area contributed by atoms with Crippen LogP contribution in [0, 0.1) is 5.82 Å². The number of nitrogens with zero attached hydrogens (tertiary/aromatic N) is 1. The van der Waals surface area contributed by atoms with Crippen LogP contribution in [0.4, 0.5) is 4.39 Å². The fraction of sp³-hybridized carbons (Fsp3) is 0.143. The number of hydrogen-bond donors (Lipinski definition) is 0. The van der Waals surface area contributed by atoms with E-state index in [-0.39, 0.29) is 5.56 Å². The zero-order chi connectivity index (χ0) is 13.8. The average molecular weight is 261 g/mol. The maximum atomic E-state index is 13.8. The first-order chi connectivity index (χ1) is 9.21. The molecule has 1 heterocycles. The zero-order valence-electron chi connectivity index (χ0n) is 10.5. The molecule has 4 nitrogen and oxygen atoms in total. The lowest BCUT2D eigenvalue weighted by atomic mass is 10.00. The number of carbonyl (C=O) groups is 1. The Kier molecular flexibility index (Phi) is 3.75. The molecule has 2 rings (SSSR count). The number of benzene rings is 1. The lowest BCUT2D eigenvalue weighted by Crippen LogP contribution is -1.97. The van der Waals surface area contributed by atoms with E-state index in [2.05, 4.69) is 4.98 Å². The quantitative estimate of drug-likeness (QED) is 0.794. The Hall–Kier alpha value is -2.43. The van der Waals surface area contributed by atoms with Gasteiger partial charge in [0.2, 0.25) is 0 Å². The predicted octanol–water partition coefficient (Wildman–Crippen LogP) is 2.72. The van der Waals surface area contributed by atoms with Gasteiger partial charge in [0.15, 0.2) is 17.8 Å². The number of methoxy groups -OCH3 is 2. The van der Waals surface area contributed by atoms with Gasteiger partial charge in [-0.25, -0.2) is 4.39 Å². The van der Waals surface area contributed by atoms with Crippen LogP contribution in [0.1, 0.15) is 10.4 Å². The van der Waals surface area contributed by atoms with Crippen molar-refractivity contribution in [1.29, 1.82) is 0 Å². The first-order valence-corrected chi connectivity index (χ1v) is 5.52. The summed E-state index contributed by atoms with van der Waals surface area (Å²) in [5, 5.41) is 0. The van der Waals surface area contributed by atoms with Gasteiger partial charge in [-0.05, 0) is 23.8 Å². The van der Waals surface area contributed by atoms with Crippen LogP contribution in [-0.2, 0) is 0 Å². The molecule has 0 aliphatic carbocycles. The second-order valence-corrected chi connectivity index (χ2v) is 3.77. The summed E-state index contributed by atoms with van der Waals surface area (Å²) in [6.07, 6.45) is 3.21. The van der Waals surface area contributed by atoms with Gasteiger partial charge in [-0.15, -0.1) is 0 Å². The number of ether oxygens (including phenoxy) is 2. The Morgan fingerprint density at radius 1 is 1.16 bits per heavy atom. The number of pyridine rings is 1. The molecule has 0 unspecified atom stereocenters. The monoisotopic (exact) mass is 261 g/mol. The molecule has 0 radical (unpaired) electrons. The highest BCUT2D eigenvalue weighted by Gasteiger charge is 2.14. The third-order valence-electron chi connectivity index (χ3n) is 2.75. The molecule has 0 aliphatic heterocycles. The van der Waals surface area contributed by atoms with Gasteiger partial charge in [0.05, 0.1) is 20.4 Å². The van der Waals surface area contributed by atoms with Crippen molar-refractivity contribution in [1.82, 2.24) is 4.98 Å². The lowest BCUT2D eigenvalue weighted by Gasteiger charge is -2.12. The summed E-state index contributed by atoms with van der Waals surface area (Å²) in [4.78, 5) is 14.8. The first kappa shape index (κ1) is 13.0. The zero-order valence-corrected chi connectivity index (χ0v) is 10.5. The summed E-state index contributed by atoms with van der Waals surface area (Å²) in [5.74, 6) is 0.347. The number of aldehydes is 1. The Bertz CT molecular complexity index is 614. The summed E-state index contributed by atoms with van der Waals surface area (Å²) in [6, 6.07) is 4.59. The van der Waals surface area contributed by atoms with Gasteiger partial charge in [-0.3, -0.25) is 9.78 Å². The standard InChI is InChI=1S/C14H12FNO3/c1-18-13-5-9(8-17)11(6-14(13)19-2)10-3-4-16-7-12(10)15/h3-8H,1-2H3. The normalized spacial score (nSPS) is 10.1. The molecule has 98 valence electrons. The smallest absolute Gasteiger partial charge is 0.161 e. The van der Waals surface area contributed by atoms with E-state index >= 15 is 0 Å². The van der Waals surface area contributed by atoms with Gasteiger partial charge in [-0.2, -0.15) is 0 Å². The van der Waals surface area contributed by atoms with E-state index in [9.17, 15) is 9.18 Å². The Morgan fingerprint density at radius 3 is 2.42 bits per heavy atom. The summed E-state index contributed by atoms with van der Waals surface area (Å²) >= 11 is 0. The second-order valence-electron chi connectivity index (χ2n) is 3.77. The van der Waals surface area contributed by atoms with Gasteiger partial charge in [-0.1, -0.05) is 0 Å². The van der Waals surface area contributed by atoms with Gasteiger partial charge in [0, 0.05) is 17.3 Å². The van der Waals surface area contributed by atoms with Crippen LogP contribution in [0.2, 0.25) is 0 Å². The van der Waals surface area contributed by atoms with Crippen LogP contribution in [-0.4, -0.2) is 25.5 Å². The summed E-state index contributed by atoms with van der Waals surface area (Å²) in [7, 11) is 2.95. The van der Waals surface area contributed by atoms with Gasteiger partial charge >= 0.3 is 0 Å². The van der Waals surface area contributed by atoms with Gasteiger partial charge in [0.1, 0.15) is 5.82 Å². The van der Waals surface area contributed by atoms with Crippen molar-refractivity contribution < 1.29 is 18.7 Å². The molecule has 1 aromatic heterocycles. The molecular weight excluding hydrogens is 249 g/mol. The van der Waals surface area contributed by atoms with E-state index in [0.717, 1.165) is 6.20 Å². The first-order valence-electron chi connectivity index (χ1n) is 5.52. The van der Waals surface area contributed by atoms with Crippen LogP contribution in [0.25, 0.3) is 11.1 Å². The van der Waals surface area contributed by atoms with Crippen molar-refractivity contribution >= 4 is 6.29 Å². The molecule has 2 aromatic rings. The maximum Gasteiger partial charge on any atom is 0.161 e. The third-order valence-corrected chi connectivity index (χ3v) is 2.75. The molecule has 0 spiro atoms. The van der Waals surface area contributed by atoms with Crippen LogP contribution in [0.5, 0.6) is 11.5 Å². The number of hydrogen-bond acceptors (Lipinski definition) is 4. The lowest BCUT2D eigenvalue weighted by molar-refractivity contribution is 0.112. The van der Waals surface area contributed by atoms with E-state index in [1.54, 1.807) is 6.07 Å². The minimum absolute atomic E-state index is 0.290. The van der Waals surface area contributed by atoms with Gasteiger partial charge in [0.25, 0.3) is 0 Å². The Labute approximate surface area is 109 Å². The fourth-order valence-electron chi connectivity index (χ4n) is 1.82. The van der Waals surface area contributed by atoms with Gasteiger partial charge < -0.3 is 9.47 Å². The molecule has 1 aromatic carbocycles. The van der Waals surface area contributed by atoms with Crippen molar-refractivity contribution in [3.8, 4) is 22.6 Å². The van der Waals surface area contributed by atoms with E-state index in [0.29, 0.717) is 28.9 Å². The van der Waals surface area contributed by atoms with Crippen LogP contribution in [0.15, 0.2) is 30.6 Å². The predicted molar refractivity (Wildman–Crippen MR) is 68.1 cm³/mol. The van der Waals surface area contributed by atoms with Crippen molar-refractivity contribution in [3.05, 3.63) is 42.0 Å². The molecule has 0 aliphatic rings. The number of aromatic nitrogens is 1. The van der Waals surface area contributed by atoms with Crippen molar-refractivity contribution in [2.45, 2.75) is 0 Å². The van der Waals surface area contributed by atoms with Crippen LogP contribution < -0.4 is 9.47 Å². The van der Waals surface area contributed by atoms with Crippen molar-refractivity contribution in [2.75, 3.05) is 14.2 Å². The molecule has 0 amide bonds. The highest BCUT2D eigenvalue weighted by molar-refractivity contribution is 5.89. The molecule has 5 heteroatoms. The summed E-state index contributed by atoms with van der Waals surface area (Å²) in [6.45, 7) is 0. The molecule has 0 bridgehead atoms. The van der Waals surface area contributed by atoms with E-state index in [4.69, 9.17) is 9.47 Å². The molecule has 0 N–H and O–H groups in total. The molecule has 0 saturated carbocycles. The van der Waals surface area contributed by atoms with Crippen LogP contribution >= 0.6 is 0 Å². The molecule has 0 fully saturated rings. The van der Waals surface area contributed by atoms with Crippen molar-refractivity contribution in [2.24, 2.45) is 0 Å². The number of halogens is 1. The number of rotatable bonds is 4. The molecule has 0 saturated heterocycles. The van der Waals surface area contributed by atoms with E-state index in [1.165, 1.54) is 32.5 Å². The van der Waals surface area contributed by atoms with E-state index < -0.39 is 5.82 Å². The Morgan fingerprint density at radius 2 is 1.84 bits per heavy atom. The highest BCUT2D eigenvalue weighted by atomic mass is 19.1. The van der Waals surface area contributed by atoms with E-state index in [1.807, 2.05) is 0 Å².